The Labute approximate surface area is 88.9 Å². The average Bonchev–Trinajstić information content (AvgIpc) is 2.25. The lowest BCUT2D eigenvalue weighted by Crippen LogP contribution is -2.23. The zero-order valence-corrected chi connectivity index (χ0v) is 8.72. The van der Waals surface area contributed by atoms with E-state index in [0.29, 0.717) is 13.0 Å². The van der Waals surface area contributed by atoms with Gasteiger partial charge in [0, 0.05) is 12.4 Å². The third-order valence-electron chi connectivity index (χ3n) is 2.03. The van der Waals surface area contributed by atoms with E-state index in [2.05, 4.69) is 4.98 Å². The molecule has 1 unspecified atom stereocenters. The fourth-order valence-corrected chi connectivity index (χ4v) is 1.22. The molecule has 1 N–H and O–H groups in total. The second-order valence-electron chi connectivity index (χ2n) is 3.28. The minimum absolute atomic E-state index is 0.319. The monoisotopic (exact) mass is 209 g/mol. The molecule has 1 atom stereocenters. The van der Waals surface area contributed by atoms with Gasteiger partial charge in [0.2, 0.25) is 0 Å². The summed E-state index contributed by atoms with van der Waals surface area (Å²) in [4.78, 5) is 14.6. The van der Waals surface area contributed by atoms with Crippen molar-refractivity contribution in [1.29, 1.82) is 0 Å². The van der Waals surface area contributed by atoms with Crippen molar-refractivity contribution in [1.82, 2.24) is 4.98 Å². The lowest BCUT2D eigenvalue weighted by Gasteiger charge is -2.12. The summed E-state index contributed by atoms with van der Waals surface area (Å²) in [6, 6.07) is 3.62. The zero-order chi connectivity index (χ0) is 11.1. The number of carbonyl (C=O) groups is 1. The lowest BCUT2D eigenvalue weighted by atomic mass is 10.2. The van der Waals surface area contributed by atoms with Gasteiger partial charge in [0.1, 0.15) is 0 Å². The molecular formula is C11H15NO3. The van der Waals surface area contributed by atoms with Crippen LogP contribution in [0.1, 0.15) is 25.3 Å². The molecule has 0 fully saturated rings. The molecule has 0 radical (unpaired) electrons. The van der Waals surface area contributed by atoms with Gasteiger partial charge in [0.15, 0.2) is 6.10 Å². The highest BCUT2D eigenvalue weighted by molar-refractivity contribution is 5.72. The number of ether oxygens (including phenoxy) is 1. The SMILES string of the molecule is CCCC(OCc1ccncc1)C(=O)O. The number of aliphatic carboxylic acids is 1. The maximum Gasteiger partial charge on any atom is 0.332 e. The van der Waals surface area contributed by atoms with Crippen molar-refractivity contribution in [3.8, 4) is 0 Å². The Bertz CT molecular complexity index is 300. The summed E-state index contributed by atoms with van der Waals surface area (Å²) in [6.45, 7) is 2.26. The van der Waals surface area contributed by atoms with Gasteiger partial charge in [-0.25, -0.2) is 4.79 Å². The van der Waals surface area contributed by atoms with Crippen molar-refractivity contribution < 1.29 is 14.6 Å². The van der Waals surface area contributed by atoms with Gasteiger partial charge < -0.3 is 9.84 Å². The van der Waals surface area contributed by atoms with Crippen LogP contribution in [0.5, 0.6) is 0 Å². The Morgan fingerprint density at radius 3 is 2.73 bits per heavy atom. The maximum absolute atomic E-state index is 10.8. The van der Waals surface area contributed by atoms with E-state index in [0.717, 1.165) is 12.0 Å². The molecule has 1 aromatic heterocycles. The highest BCUT2D eigenvalue weighted by Gasteiger charge is 2.16. The summed E-state index contributed by atoms with van der Waals surface area (Å²) < 4.78 is 5.30. The van der Waals surface area contributed by atoms with E-state index in [1.165, 1.54) is 0 Å². The van der Waals surface area contributed by atoms with E-state index >= 15 is 0 Å². The Balaban J connectivity index is 2.43. The lowest BCUT2D eigenvalue weighted by molar-refractivity contribution is -0.151. The minimum Gasteiger partial charge on any atom is -0.479 e. The van der Waals surface area contributed by atoms with Gasteiger partial charge in [-0.15, -0.1) is 0 Å². The molecule has 0 spiro atoms. The summed E-state index contributed by atoms with van der Waals surface area (Å²) in [6.07, 6.45) is 3.96. The van der Waals surface area contributed by atoms with E-state index in [1.54, 1.807) is 12.4 Å². The first-order valence-electron chi connectivity index (χ1n) is 4.97. The molecule has 0 saturated heterocycles. The second kappa shape index (κ2) is 6.14. The average molecular weight is 209 g/mol. The van der Waals surface area contributed by atoms with E-state index in [-0.39, 0.29) is 0 Å². The maximum atomic E-state index is 10.8. The Morgan fingerprint density at radius 2 is 2.20 bits per heavy atom. The summed E-state index contributed by atoms with van der Waals surface area (Å²) >= 11 is 0. The third-order valence-corrected chi connectivity index (χ3v) is 2.03. The van der Waals surface area contributed by atoms with Crippen LogP contribution in [0.15, 0.2) is 24.5 Å². The molecule has 0 aliphatic rings. The fraction of sp³-hybridized carbons (Fsp3) is 0.455. The van der Waals surface area contributed by atoms with E-state index in [9.17, 15) is 4.79 Å². The number of hydrogen-bond acceptors (Lipinski definition) is 3. The standard InChI is InChI=1S/C11H15NO3/c1-2-3-10(11(13)14)15-8-9-4-6-12-7-5-9/h4-7,10H,2-3,8H2,1H3,(H,13,14). The van der Waals surface area contributed by atoms with Crippen LogP contribution in [0, 0.1) is 0 Å². The summed E-state index contributed by atoms with van der Waals surface area (Å²) in [5.41, 5.74) is 0.937. The van der Waals surface area contributed by atoms with Crippen LogP contribution in [-0.4, -0.2) is 22.2 Å². The smallest absolute Gasteiger partial charge is 0.332 e. The van der Waals surface area contributed by atoms with Crippen LogP contribution in [0.2, 0.25) is 0 Å². The molecule has 0 aliphatic heterocycles. The predicted octanol–water partition coefficient (Wildman–Crippen LogP) is 1.85. The molecule has 1 rings (SSSR count). The quantitative estimate of drug-likeness (QED) is 0.776. The van der Waals surface area contributed by atoms with Gasteiger partial charge >= 0.3 is 5.97 Å². The van der Waals surface area contributed by atoms with E-state index < -0.39 is 12.1 Å². The van der Waals surface area contributed by atoms with Crippen LogP contribution < -0.4 is 0 Å². The number of nitrogens with zero attached hydrogens (tertiary/aromatic N) is 1. The van der Waals surface area contributed by atoms with Gasteiger partial charge in [0.05, 0.1) is 6.61 Å². The molecular weight excluding hydrogens is 194 g/mol. The highest BCUT2D eigenvalue weighted by Crippen LogP contribution is 2.07. The Hall–Kier alpha value is -1.42. The number of hydrogen-bond donors (Lipinski definition) is 1. The number of aromatic nitrogens is 1. The van der Waals surface area contributed by atoms with Crippen LogP contribution in [0.4, 0.5) is 0 Å². The van der Waals surface area contributed by atoms with Gasteiger partial charge in [-0.2, -0.15) is 0 Å². The molecule has 4 heteroatoms. The second-order valence-corrected chi connectivity index (χ2v) is 3.28. The topological polar surface area (TPSA) is 59.4 Å². The summed E-state index contributed by atoms with van der Waals surface area (Å²) in [5, 5.41) is 8.85. The zero-order valence-electron chi connectivity index (χ0n) is 8.72. The van der Waals surface area contributed by atoms with Crippen LogP contribution >= 0.6 is 0 Å². The number of carboxylic acids is 1. The van der Waals surface area contributed by atoms with Gasteiger partial charge in [-0.05, 0) is 24.1 Å². The molecule has 0 amide bonds. The molecule has 0 saturated carbocycles. The van der Waals surface area contributed by atoms with Crippen molar-refractivity contribution in [2.24, 2.45) is 0 Å². The van der Waals surface area contributed by atoms with Crippen LogP contribution in [0.3, 0.4) is 0 Å². The minimum atomic E-state index is -0.897. The first-order chi connectivity index (χ1) is 7.24. The summed E-state index contributed by atoms with van der Waals surface area (Å²) in [5.74, 6) is -0.897. The number of pyridine rings is 1. The molecule has 1 heterocycles. The predicted molar refractivity (Wildman–Crippen MR) is 55.4 cm³/mol. The highest BCUT2D eigenvalue weighted by atomic mass is 16.5. The first-order valence-corrected chi connectivity index (χ1v) is 4.97. The molecule has 0 bridgehead atoms. The fourth-order valence-electron chi connectivity index (χ4n) is 1.22. The van der Waals surface area contributed by atoms with Crippen molar-refractivity contribution in [2.75, 3.05) is 0 Å². The molecule has 4 nitrogen and oxygen atoms in total. The third kappa shape index (κ3) is 4.08. The van der Waals surface area contributed by atoms with Gasteiger partial charge in [-0.1, -0.05) is 13.3 Å². The Morgan fingerprint density at radius 1 is 1.53 bits per heavy atom. The summed E-state index contributed by atoms with van der Waals surface area (Å²) in [7, 11) is 0. The van der Waals surface area contributed by atoms with Gasteiger partial charge in [0.25, 0.3) is 0 Å². The largest absolute Gasteiger partial charge is 0.479 e. The normalized spacial score (nSPS) is 12.3. The van der Waals surface area contributed by atoms with Gasteiger partial charge in [-0.3, -0.25) is 4.98 Å². The van der Waals surface area contributed by atoms with Crippen LogP contribution in [0.25, 0.3) is 0 Å². The van der Waals surface area contributed by atoms with Crippen molar-refractivity contribution in [3.63, 3.8) is 0 Å². The molecule has 1 aromatic rings. The number of rotatable bonds is 6. The number of carboxylic acid groups (broad SMARTS) is 1. The Kier molecular flexibility index (Phi) is 4.77. The van der Waals surface area contributed by atoms with Crippen LogP contribution in [-0.2, 0) is 16.1 Å². The van der Waals surface area contributed by atoms with E-state index in [1.807, 2.05) is 19.1 Å². The molecule has 0 aromatic carbocycles. The van der Waals surface area contributed by atoms with Crippen molar-refractivity contribution >= 4 is 5.97 Å². The molecule has 0 aliphatic carbocycles. The molecule has 82 valence electrons. The van der Waals surface area contributed by atoms with Crippen molar-refractivity contribution in [2.45, 2.75) is 32.5 Å². The van der Waals surface area contributed by atoms with E-state index in [4.69, 9.17) is 9.84 Å². The van der Waals surface area contributed by atoms with Crippen molar-refractivity contribution in [3.05, 3.63) is 30.1 Å². The first kappa shape index (κ1) is 11.7. The molecule has 15 heavy (non-hydrogen) atoms.